The molecule has 9 heteroatoms. The van der Waals surface area contributed by atoms with E-state index in [-0.39, 0.29) is 18.8 Å². The predicted octanol–water partition coefficient (Wildman–Crippen LogP) is 0.761. The molecular weight excluding hydrogens is 330 g/mol. The molecule has 0 rings (SSSR count). The van der Waals surface area contributed by atoms with E-state index in [2.05, 4.69) is 10.6 Å². The molecule has 0 aromatic heterocycles. The lowest BCUT2D eigenvalue weighted by atomic mass is 9.98. The summed E-state index contributed by atoms with van der Waals surface area (Å²) in [4.78, 5) is 46.4. The molecule has 0 heterocycles. The first-order chi connectivity index (χ1) is 11.4. The van der Waals surface area contributed by atoms with E-state index in [9.17, 15) is 19.2 Å². The molecule has 3 amide bonds. The first-order valence-corrected chi connectivity index (χ1v) is 8.18. The molecule has 0 aliphatic rings. The number of carbonyl (C=O) groups is 4. The van der Waals surface area contributed by atoms with E-state index in [1.165, 1.54) is 0 Å². The van der Waals surface area contributed by atoms with Crippen LogP contribution in [0.15, 0.2) is 0 Å². The lowest BCUT2D eigenvalue weighted by molar-refractivity contribution is -0.142. The van der Waals surface area contributed by atoms with Crippen LogP contribution in [0.4, 0.5) is 4.79 Å². The van der Waals surface area contributed by atoms with Crippen molar-refractivity contribution in [3.05, 3.63) is 0 Å². The van der Waals surface area contributed by atoms with Crippen molar-refractivity contribution in [2.75, 3.05) is 0 Å². The van der Waals surface area contributed by atoms with Crippen LogP contribution in [-0.4, -0.2) is 46.7 Å². The van der Waals surface area contributed by atoms with Crippen molar-refractivity contribution < 1.29 is 29.0 Å². The second kappa shape index (κ2) is 9.85. The summed E-state index contributed by atoms with van der Waals surface area (Å²) >= 11 is 0. The van der Waals surface area contributed by atoms with Gasteiger partial charge in [0.25, 0.3) is 0 Å². The van der Waals surface area contributed by atoms with Crippen LogP contribution in [0.3, 0.4) is 0 Å². The summed E-state index contributed by atoms with van der Waals surface area (Å²) in [6.45, 7) is 8.66. The number of alkyl carbamates (subject to hydrolysis) is 1. The smallest absolute Gasteiger partial charge is 0.408 e. The number of hydrogen-bond acceptors (Lipinski definition) is 5. The van der Waals surface area contributed by atoms with Crippen molar-refractivity contribution in [1.82, 2.24) is 10.6 Å². The van der Waals surface area contributed by atoms with Gasteiger partial charge in [0.1, 0.15) is 17.7 Å². The number of carboxylic acid groups (broad SMARTS) is 1. The summed E-state index contributed by atoms with van der Waals surface area (Å²) in [6.07, 6.45) is -0.495. The molecule has 3 unspecified atom stereocenters. The van der Waals surface area contributed by atoms with Crippen LogP contribution in [0.25, 0.3) is 0 Å². The van der Waals surface area contributed by atoms with Crippen molar-refractivity contribution in [3.8, 4) is 0 Å². The van der Waals surface area contributed by atoms with E-state index in [1.807, 2.05) is 6.92 Å². The Morgan fingerprint density at radius 3 is 2.12 bits per heavy atom. The van der Waals surface area contributed by atoms with Gasteiger partial charge in [0.2, 0.25) is 11.8 Å². The van der Waals surface area contributed by atoms with Gasteiger partial charge in [-0.1, -0.05) is 20.3 Å². The Morgan fingerprint density at radius 1 is 1.16 bits per heavy atom. The van der Waals surface area contributed by atoms with Crippen LogP contribution in [0.1, 0.15) is 53.9 Å². The third-order valence-corrected chi connectivity index (χ3v) is 3.46. The standard InChI is InChI=1S/C16H29N3O6/c1-6-9(2)12(19-15(24)25-16(3,4)5)13(21)18-10(14(22)23)7-8-11(17)20/h9-10,12H,6-8H2,1-5H3,(H2,17,20)(H,18,21)(H,19,24)(H,22,23). The lowest BCUT2D eigenvalue weighted by Crippen LogP contribution is -2.54. The topological polar surface area (TPSA) is 148 Å². The molecule has 25 heavy (non-hydrogen) atoms. The molecule has 5 N–H and O–H groups in total. The van der Waals surface area contributed by atoms with Gasteiger partial charge in [-0.2, -0.15) is 0 Å². The average Bonchev–Trinajstić information content (AvgIpc) is 2.45. The van der Waals surface area contributed by atoms with Crippen LogP contribution in [0, 0.1) is 5.92 Å². The van der Waals surface area contributed by atoms with Gasteiger partial charge in [-0.3, -0.25) is 9.59 Å². The van der Waals surface area contributed by atoms with E-state index in [1.54, 1.807) is 27.7 Å². The number of hydrogen-bond donors (Lipinski definition) is 4. The van der Waals surface area contributed by atoms with E-state index in [0.717, 1.165) is 0 Å². The van der Waals surface area contributed by atoms with Crippen molar-refractivity contribution in [1.29, 1.82) is 0 Å². The van der Waals surface area contributed by atoms with Gasteiger partial charge >= 0.3 is 12.1 Å². The normalized spacial score (nSPS) is 14.8. The molecule has 0 saturated heterocycles. The fourth-order valence-corrected chi connectivity index (χ4v) is 1.94. The zero-order valence-corrected chi connectivity index (χ0v) is 15.4. The number of aliphatic carboxylic acids is 1. The Labute approximate surface area is 147 Å². The Balaban J connectivity index is 5.06. The Morgan fingerprint density at radius 2 is 1.72 bits per heavy atom. The molecule has 0 bridgehead atoms. The number of amides is 3. The number of nitrogens with one attached hydrogen (secondary N) is 2. The van der Waals surface area contributed by atoms with Crippen molar-refractivity contribution >= 4 is 23.9 Å². The molecular formula is C16H29N3O6. The van der Waals surface area contributed by atoms with E-state index in [4.69, 9.17) is 15.6 Å². The number of primary amides is 1. The van der Waals surface area contributed by atoms with Crippen LogP contribution in [0.2, 0.25) is 0 Å². The summed E-state index contributed by atoms with van der Waals surface area (Å²) in [5.41, 5.74) is 4.28. The molecule has 3 atom stereocenters. The minimum absolute atomic E-state index is 0.129. The Bertz CT molecular complexity index is 501. The van der Waals surface area contributed by atoms with Gasteiger partial charge < -0.3 is 26.2 Å². The van der Waals surface area contributed by atoms with Crippen molar-refractivity contribution in [2.45, 2.75) is 71.6 Å². The van der Waals surface area contributed by atoms with Gasteiger partial charge in [0.15, 0.2) is 0 Å². The maximum absolute atomic E-state index is 12.4. The summed E-state index contributed by atoms with van der Waals surface area (Å²) < 4.78 is 5.14. The largest absolute Gasteiger partial charge is 0.480 e. The van der Waals surface area contributed by atoms with Crippen LogP contribution in [0.5, 0.6) is 0 Å². The number of ether oxygens (including phenoxy) is 1. The molecule has 0 spiro atoms. The van der Waals surface area contributed by atoms with Crippen LogP contribution < -0.4 is 16.4 Å². The highest BCUT2D eigenvalue weighted by Gasteiger charge is 2.31. The second-order valence-corrected chi connectivity index (χ2v) is 6.91. The zero-order chi connectivity index (χ0) is 19.8. The Hall–Kier alpha value is -2.32. The third-order valence-electron chi connectivity index (χ3n) is 3.46. The second-order valence-electron chi connectivity index (χ2n) is 6.91. The van der Waals surface area contributed by atoms with E-state index >= 15 is 0 Å². The van der Waals surface area contributed by atoms with Gasteiger partial charge in [0, 0.05) is 6.42 Å². The molecule has 0 aliphatic heterocycles. The quantitative estimate of drug-likeness (QED) is 0.478. The monoisotopic (exact) mass is 359 g/mol. The highest BCUT2D eigenvalue weighted by molar-refractivity contribution is 5.89. The fraction of sp³-hybridized carbons (Fsp3) is 0.750. The number of carbonyl (C=O) groups excluding carboxylic acids is 3. The first-order valence-electron chi connectivity index (χ1n) is 8.18. The number of carboxylic acids is 1. The SMILES string of the molecule is CCC(C)C(NC(=O)OC(C)(C)C)C(=O)NC(CCC(N)=O)C(=O)O. The van der Waals surface area contributed by atoms with Crippen molar-refractivity contribution in [3.63, 3.8) is 0 Å². The van der Waals surface area contributed by atoms with Crippen LogP contribution in [-0.2, 0) is 19.1 Å². The third kappa shape index (κ3) is 9.53. The zero-order valence-electron chi connectivity index (χ0n) is 15.4. The molecule has 0 aromatic rings. The lowest BCUT2D eigenvalue weighted by Gasteiger charge is -2.27. The van der Waals surface area contributed by atoms with E-state index in [0.29, 0.717) is 6.42 Å². The van der Waals surface area contributed by atoms with E-state index < -0.39 is 41.6 Å². The maximum Gasteiger partial charge on any atom is 0.408 e. The molecule has 0 fully saturated rings. The molecule has 144 valence electrons. The van der Waals surface area contributed by atoms with Gasteiger partial charge in [-0.25, -0.2) is 9.59 Å². The van der Waals surface area contributed by atoms with Crippen LogP contribution >= 0.6 is 0 Å². The fourth-order valence-electron chi connectivity index (χ4n) is 1.94. The van der Waals surface area contributed by atoms with Gasteiger partial charge in [0.05, 0.1) is 0 Å². The molecule has 0 aromatic carbocycles. The summed E-state index contributed by atoms with van der Waals surface area (Å²) in [5, 5.41) is 14.0. The van der Waals surface area contributed by atoms with Gasteiger partial charge in [-0.05, 0) is 33.1 Å². The minimum atomic E-state index is -1.28. The van der Waals surface area contributed by atoms with Gasteiger partial charge in [-0.15, -0.1) is 0 Å². The molecule has 0 aliphatic carbocycles. The molecule has 0 radical (unpaired) electrons. The average molecular weight is 359 g/mol. The highest BCUT2D eigenvalue weighted by Crippen LogP contribution is 2.12. The van der Waals surface area contributed by atoms with Crippen molar-refractivity contribution in [2.24, 2.45) is 11.7 Å². The first kappa shape index (κ1) is 22.7. The Kier molecular flexibility index (Phi) is 8.94. The molecule has 9 nitrogen and oxygen atoms in total. The predicted molar refractivity (Wildman–Crippen MR) is 90.6 cm³/mol. The summed E-state index contributed by atoms with van der Waals surface area (Å²) in [6, 6.07) is -2.23. The number of rotatable bonds is 9. The summed E-state index contributed by atoms with van der Waals surface area (Å²) in [5.74, 6) is -2.85. The number of nitrogens with two attached hydrogens (primary N) is 1. The maximum atomic E-state index is 12.4. The highest BCUT2D eigenvalue weighted by atomic mass is 16.6. The minimum Gasteiger partial charge on any atom is -0.480 e. The molecule has 0 saturated carbocycles. The summed E-state index contributed by atoms with van der Waals surface area (Å²) in [7, 11) is 0.